The van der Waals surface area contributed by atoms with E-state index in [1.54, 1.807) is 0 Å². The van der Waals surface area contributed by atoms with E-state index >= 15 is 0 Å². The predicted octanol–water partition coefficient (Wildman–Crippen LogP) is -0.894. The zero-order valence-electron chi connectivity index (χ0n) is 5.03. The van der Waals surface area contributed by atoms with Gasteiger partial charge in [-0.25, -0.2) is 0 Å². The van der Waals surface area contributed by atoms with Crippen molar-refractivity contribution in [3.05, 3.63) is 6.20 Å². The van der Waals surface area contributed by atoms with E-state index in [4.69, 9.17) is 11.5 Å². The summed E-state index contributed by atoms with van der Waals surface area (Å²) in [5, 5.41) is 3.68. The maximum absolute atomic E-state index is 5.33. The lowest BCUT2D eigenvalue weighted by Gasteiger charge is -1.92. The SMILES string of the molecule is COn1cc(N)c(N)n1. The van der Waals surface area contributed by atoms with Gasteiger partial charge in [0.2, 0.25) is 0 Å². The molecular formula is C4H8N4O. The molecular weight excluding hydrogens is 120 g/mol. The third-order valence-electron chi connectivity index (χ3n) is 0.939. The summed E-state index contributed by atoms with van der Waals surface area (Å²) in [6, 6.07) is 0. The highest BCUT2D eigenvalue weighted by Gasteiger charge is 1.98. The molecule has 0 unspecified atom stereocenters. The lowest BCUT2D eigenvalue weighted by Crippen LogP contribution is -2.05. The Hall–Kier alpha value is -1.39. The van der Waals surface area contributed by atoms with Crippen LogP contribution in [0.1, 0.15) is 0 Å². The predicted molar refractivity (Wildman–Crippen MR) is 33.6 cm³/mol. The van der Waals surface area contributed by atoms with Gasteiger partial charge in [0, 0.05) is 0 Å². The van der Waals surface area contributed by atoms with Crippen LogP contribution in [0.3, 0.4) is 0 Å². The molecule has 0 aliphatic carbocycles. The number of rotatable bonds is 1. The largest absolute Gasteiger partial charge is 0.400 e. The summed E-state index contributed by atoms with van der Waals surface area (Å²) in [6.07, 6.45) is 1.50. The Labute approximate surface area is 52.2 Å². The number of aromatic nitrogens is 2. The molecule has 1 heterocycles. The molecule has 0 aromatic carbocycles. The molecule has 5 heteroatoms. The molecule has 0 aliphatic rings. The van der Waals surface area contributed by atoms with Gasteiger partial charge in [-0.05, 0) is 0 Å². The van der Waals surface area contributed by atoms with Crippen molar-refractivity contribution in [2.45, 2.75) is 0 Å². The molecule has 0 bridgehead atoms. The average molecular weight is 128 g/mol. The first-order valence-electron chi connectivity index (χ1n) is 2.39. The first kappa shape index (κ1) is 5.74. The smallest absolute Gasteiger partial charge is 0.172 e. The van der Waals surface area contributed by atoms with Crippen molar-refractivity contribution in [1.29, 1.82) is 0 Å². The maximum Gasteiger partial charge on any atom is 0.172 e. The van der Waals surface area contributed by atoms with Crippen LogP contribution in [0.5, 0.6) is 0 Å². The van der Waals surface area contributed by atoms with Crippen molar-refractivity contribution in [3.63, 3.8) is 0 Å². The van der Waals surface area contributed by atoms with Crippen LogP contribution in [0.25, 0.3) is 0 Å². The maximum atomic E-state index is 5.33. The standard InChI is InChI=1S/C4H8N4O/c1-9-8-2-3(5)4(6)7-8/h2H,5H2,1H3,(H2,6,7). The fraction of sp³-hybridized carbons (Fsp3) is 0.250. The van der Waals surface area contributed by atoms with E-state index in [0.29, 0.717) is 5.69 Å². The van der Waals surface area contributed by atoms with Crippen molar-refractivity contribution in [1.82, 2.24) is 9.94 Å². The summed E-state index contributed by atoms with van der Waals surface area (Å²) < 4.78 is 0. The molecule has 0 radical (unpaired) electrons. The summed E-state index contributed by atoms with van der Waals surface area (Å²) in [5.74, 6) is 0.289. The molecule has 0 fully saturated rings. The first-order valence-corrected chi connectivity index (χ1v) is 2.39. The Morgan fingerprint density at radius 3 is 2.56 bits per heavy atom. The van der Waals surface area contributed by atoms with Crippen molar-refractivity contribution in [3.8, 4) is 0 Å². The monoisotopic (exact) mass is 128 g/mol. The molecule has 0 atom stereocenters. The van der Waals surface area contributed by atoms with E-state index in [1.165, 1.54) is 18.2 Å². The van der Waals surface area contributed by atoms with Crippen molar-refractivity contribution >= 4 is 11.5 Å². The van der Waals surface area contributed by atoms with Gasteiger partial charge in [-0.3, -0.25) is 0 Å². The highest BCUT2D eigenvalue weighted by Crippen LogP contribution is 2.07. The number of nitrogens with two attached hydrogens (primary N) is 2. The highest BCUT2D eigenvalue weighted by molar-refractivity contribution is 5.55. The quantitative estimate of drug-likeness (QED) is 0.514. The van der Waals surface area contributed by atoms with Gasteiger partial charge < -0.3 is 16.3 Å². The van der Waals surface area contributed by atoms with E-state index in [0.717, 1.165) is 0 Å². The van der Waals surface area contributed by atoms with Crippen molar-refractivity contribution in [2.75, 3.05) is 18.6 Å². The number of anilines is 2. The fourth-order valence-electron chi connectivity index (χ4n) is 0.471. The normalized spacial score (nSPS) is 9.44. The van der Waals surface area contributed by atoms with Gasteiger partial charge >= 0.3 is 0 Å². The Kier molecular flexibility index (Phi) is 1.18. The van der Waals surface area contributed by atoms with Crippen LogP contribution in [0.2, 0.25) is 0 Å². The summed E-state index contributed by atoms with van der Waals surface area (Å²) in [4.78, 5) is 5.86. The van der Waals surface area contributed by atoms with Gasteiger partial charge in [-0.15, -0.1) is 9.94 Å². The minimum atomic E-state index is 0.289. The second-order valence-corrected chi connectivity index (χ2v) is 1.55. The molecule has 4 N–H and O–H groups in total. The lowest BCUT2D eigenvalue weighted by atomic mass is 10.6. The highest BCUT2D eigenvalue weighted by atomic mass is 16.7. The van der Waals surface area contributed by atoms with Gasteiger partial charge in [0.05, 0.1) is 11.9 Å². The lowest BCUT2D eigenvalue weighted by molar-refractivity contribution is 0.135. The van der Waals surface area contributed by atoms with Crippen LogP contribution in [-0.4, -0.2) is 17.1 Å². The molecule has 0 amide bonds. The van der Waals surface area contributed by atoms with E-state index in [9.17, 15) is 0 Å². The summed E-state index contributed by atoms with van der Waals surface area (Å²) >= 11 is 0. The van der Waals surface area contributed by atoms with Crippen LogP contribution in [-0.2, 0) is 0 Å². The number of nitrogens with zero attached hydrogens (tertiary/aromatic N) is 2. The molecule has 9 heavy (non-hydrogen) atoms. The topological polar surface area (TPSA) is 79.1 Å². The van der Waals surface area contributed by atoms with Crippen LogP contribution in [0.15, 0.2) is 6.20 Å². The Bertz CT molecular complexity index is 187. The van der Waals surface area contributed by atoms with Gasteiger partial charge in [-0.2, -0.15) is 0 Å². The Morgan fingerprint density at radius 1 is 1.67 bits per heavy atom. The summed E-state index contributed by atoms with van der Waals surface area (Å²) in [7, 11) is 1.48. The van der Waals surface area contributed by atoms with Crippen LogP contribution in [0.4, 0.5) is 11.5 Å². The Balaban J connectivity index is 2.98. The zero-order valence-corrected chi connectivity index (χ0v) is 5.03. The van der Waals surface area contributed by atoms with Gasteiger partial charge in [0.1, 0.15) is 7.11 Å². The third kappa shape index (κ3) is 0.883. The van der Waals surface area contributed by atoms with Crippen molar-refractivity contribution in [2.24, 2.45) is 0 Å². The molecule has 0 saturated heterocycles. The van der Waals surface area contributed by atoms with E-state index in [2.05, 4.69) is 9.94 Å². The van der Waals surface area contributed by atoms with Gasteiger partial charge in [-0.1, -0.05) is 0 Å². The van der Waals surface area contributed by atoms with Crippen molar-refractivity contribution < 1.29 is 4.84 Å². The molecule has 0 aliphatic heterocycles. The van der Waals surface area contributed by atoms with E-state index in [1.807, 2.05) is 0 Å². The minimum absolute atomic E-state index is 0.289. The van der Waals surface area contributed by atoms with Gasteiger partial charge in [0.15, 0.2) is 5.82 Å². The minimum Gasteiger partial charge on any atom is -0.400 e. The second-order valence-electron chi connectivity index (χ2n) is 1.55. The molecule has 0 saturated carbocycles. The molecule has 1 aromatic rings. The average Bonchev–Trinajstić information content (AvgIpc) is 2.13. The molecule has 1 rings (SSSR count). The summed E-state index contributed by atoms with van der Waals surface area (Å²) in [6.45, 7) is 0. The van der Waals surface area contributed by atoms with Crippen LogP contribution >= 0.6 is 0 Å². The number of nitrogen functional groups attached to an aromatic ring is 2. The molecule has 1 aromatic heterocycles. The third-order valence-corrected chi connectivity index (χ3v) is 0.939. The van der Waals surface area contributed by atoms with Gasteiger partial charge in [0.25, 0.3) is 0 Å². The number of hydrogen-bond acceptors (Lipinski definition) is 4. The molecule has 0 spiro atoms. The first-order chi connectivity index (χ1) is 4.24. The van der Waals surface area contributed by atoms with Crippen LogP contribution in [0, 0.1) is 0 Å². The zero-order chi connectivity index (χ0) is 6.85. The molecule has 50 valence electrons. The van der Waals surface area contributed by atoms with E-state index < -0.39 is 0 Å². The second kappa shape index (κ2) is 1.85. The van der Waals surface area contributed by atoms with Crippen LogP contribution < -0.4 is 16.3 Å². The molecule has 5 nitrogen and oxygen atoms in total. The van der Waals surface area contributed by atoms with E-state index in [-0.39, 0.29) is 5.82 Å². The Morgan fingerprint density at radius 2 is 2.33 bits per heavy atom. The number of hydrogen-bond donors (Lipinski definition) is 2. The summed E-state index contributed by atoms with van der Waals surface area (Å²) in [5.41, 5.74) is 11.0. The fourth-order valence-corrected chi connectivity index (χ4v) is 0.471.